The summed E-state index contributed by atoms with van der Waals surface area (Å²) in [6.45, 7) is 1.67. The van der Waals surface area contributed by atoms with Crippen LogP contribution in [0.2, 0.25) is 5.02 Å². The summed E-state index contributed by atoms with van der Waals surface area (Å²) < 4.78 is 13.4. The quantitative estimate of drug-likeness (QED) is 0.816. The van der Waals surface area contributed by atoms with Crippen LogP contribution in [-0.2, 0) is 0 Å². The summed E-state index contributed by atoms with van der Waals surface area (Å²) in [4.78, 5) is 0. The minimum absolute atomic E-state index is 0.283. The summed E-state index contributed by atoms with van der Waals surface area (Å²) >= 11 is 6.03. The van der Waals surface area contributed by atoms with E-state index in [1.54, 1.807) is 13.0 Å². The largest absolute Gasteiger partial charge is 0.323 e. The van der Waals surface area contributed by atoms with Crippen LogP contribution in [0.25, 0.3) is 0 Å². The highest BCUT2D eigenvalue weighted by Crippen LogP contribution is 2.43. The van der Waals surface area contributed by atoms with Gasteiger partial charge < -0.3 is 11.5 Å². The molecule has 1 atom stereocenters. The first-order valence-electron chi connectivity index (χ1n) is 4.94. The molecule has 0 saturated heterocycles. The third-order valence-corrected chi connectivity index (χ3v) is 3.39. The van der Waals surface area contributed by atoms with Gasteiger partial charge in [0, 0.05) is 16.6 Å². The van der Waals surface area contributed by atoms with Gasteiger partial charge >= 0.3 is 0 Å². The Balaban J connectivity index is 2.39. The van der Waals surface area contributed by atoms with Crippen LogP contribution in [0.1, 0.15) is 30.0 Å². The molecule has 0 amide bonds. The number of aryl methyl sites for hydroxylation is 1. The van der Waals surface area contributed by atoms with E-state index >= 15 is 0 Å². The SMILES string of the molecule is Cc1cc(Cl)c(C(N)C2(N)CC2)cc1F. The number of rotatable bonds is 2. The van der Waals surface area contributed by atoms with Crippen molar-refractivity contribution >= 4 is 11.6 Å². The topological polar surface area (TPSA) is 52.0 Å². The van der Waals surface area contributed by atoms with Gasteiger partial charge in [-0.15, -0.1) is 0 Å². The number of hydrogen-bond acceptors (Lipinski definition) is 2. The zero-order chi connectivity index (χ0) is 11.2. The maximum Gasteiger partial charge on any atom is 0.126 e. The van der Waals surface area contributed by atoms with Gasteiger partial charge in [-0.05, 0) is 43.0 Å². The predicted octanol–water partition coefficient (Wildman–Crippen LogP) is 2.28. The molecule has 4 heteroatoms. The lowest BCUT2D eigenvalue weighted by molar-refractivity contribution is 0.530. The molecule has 1 aliphatic rings. The zero-order valence-electron chi connectivity index (χ0n) is 8.56. The minimum atomic E-state index is -0.384. The van der Waals surface area contributed by atoms with Crippen LogP contribution in [0.4, 0.5) is 4.39 Å². The number of hydrogen-bond donors (Lipinski definition) is 2. The van der Waals surface area contributed by atoms with E-state index in [1.165, 1.54) is 6.07 Å². The summed E-state index contributed by atoms with van der Waals surface area (Å²) in [6.07, 6.45) is 1.75. The molecular formula is C11H14ClFN2. The standard InChI is InChI=1S/C11H14ClFN2/c1-6-4-8(12)7(5-9(6)13)10(14)11(15)2-3-11/h4-5,10H,2-3,14-15H2,1H3. The molecule has 0 aliphatic heterocycles. The van der Waals surface area contributed by atoms with Crippen molar-refractivity contribution in [1.82, 2.24) is 0 Å². The molecule has 1 fully saturated rings. The Morgan fingerprint density at radius 3 is 2.60 bits per heavy atom. The van der Waals surface area contributed by atoms with Gasteiger partial charge in [-0.1, -0.05) is 11.6 Å². The van der Waals surface area contributed by atoms with Gasteiger partial charge in [0.05, 0.1) is 0 Å². The molecule has 0 spiro atoms. The van der Waals surface area contributed by atoms with Gasteiger partial charge in [0.15, 0.2) is 0 Å². The van der Waals surface area contributed by atoms with Crippen LogP contribution in [-0.4, -0.2) is 5.54 Å². The van der Waals surface area contributed by atoms with Crippen molar-refractivity contribution in [2.75, 3.05) is 0 Å². The number of benzene rings is 1. The maximum absolute atomic E-state index is 13.4. The smallest absolute Gasteiger partial charge is 0.126 e. The van der Waals surface area contributed by atoms with Crippen molar-refractivity contribution in [2.45, 2.75) is 31.3 Å². The van der Waals surface area contributed by atoms with Crippen molar-refractivity contribution in [2.24, 2.45) is 11.5 Å². The molecule has 1 aromatic carbocycles. The molecule has 1 aromatic rings. The zero-order valence-corrected chi connectivity index (χ0v) is 9.31. The molecule has 0 bridgehead atoms. The molecule has 1 aliphatic carbocycles. The van der Waals surface area contributed by atoms with Crippen molar-refractivity contribution in [3.05, 3.63) is 34.1 Å². The molecule has 0 radical (unpaired) electrons. The highest BCUT2D eigenvalue weighted by atomic mass is 35.5. The summed E-state index contributed by atoms with van der Waals surface area (Å²) in [7, 11) is 0. The van der Waals surface area contributed by atoms with Gasteiger partial charge in [0.25, 0.3) is 0 Å². The van der Waals surface area contributed by atoms with Crippen molar-refractivity contribution in [1.29, 1.82) is 0 Å². The third-order valence-electron chi connectivity index (χ3n) is 3.06. The fourth-order valence-electron chi connectivity index (χ4n) is 1.67. The normalized spacial score (nSPS) is 20.1. The predicted molar refractivity (Wildman–Crippen MR) is 59.2 cm³/mol. The molecule has 2 nitrogen and oxygen atoms in total. The Morgan fingerprint density at radius 2 is 2.07 bits per heavy atom. The highest BCUT2D eigenvalue weighted by Gasteiger charge is 2.45. The second kappa shape index (κ2) is 3.44. The van der Waals surface area contributed by atoms with Crippen LogP contribution in [0, 0.1) is 12.7 Å². The Hall–Kier alpha value is -0.640. The first-order chi connectivity index (χ1) is 6.94. The molecule has 15 heavy (non-hydrogen) atoms. The van der Waals surface area contributed by atoms with E-state index in [-0.39, 0.29) is 17.4 Å². The van der Waals surface area contributed by atoms with Gasteiger partial charge in [0.2, 0.25) is 0 Å². The van der Waals surface area contributed by atoms with Crippen molar-refractivity contribution < 1.29 is 4.39 Å². The van der Waals surface area contributed by atoms with Crippen LogP contribution < -0.4 is 11.5 Å². The number of halogens is 2. The van der Waals surface area contributed by atoms with Gasteiger partial charge in [-0.2, -0.15) is 0 Å². The van der Waals surface area contributed by atoms with E-state index in [9.17, 15) is 4.39 Å². The van der Waals surface area contributed by atoms with Crippen LogP contribution in [0.15, 0.2) is 12.1 Å². The van der Waals surface area contributed by atoms with Crippen molar-refractivity contribution in [3.63, 3.8) is 0 Å². The van der Waals surface area contributed by atoms with Crippen LogP contribution >= 0.6 is 11.6 Å². The minimum Gasteiger partial charge on any atom is -0.323 e. The van der Waals surface area contributed by atoms with Crippen LogP contribution in [0.3, 0.4) is 0 Å². The highest BCUT2D eigenvalue weighted by molar-refractivity contribution is 6.31. The first kappa shape index (κ1) is 10.9. The lowest BCUT2D eigenvalue weighted by Gasteiger charge is -2.20. The summed E-state index contributed by atoms with van der Waals surface area (Å²) in [5.41, 5.74) is 12.7. The summed E-state index contributed by atoms with van der Waals surface area (Å²) in [5.74, 6) is -0.283. The molecular weight excluding hydrogens is 215 g/mol. The number of nitrogens with two attached hydrogens (primary N) is 2. The second-order valence-electron chi connectivity index (χ2n) is 4.33. The average molecular weight is 229 g/mol. The van der Waals surface area contributed by atoms with Crippen LogP contribution in [0.5, 0.6) is 0 Å². The second-order valence-corrected chi connectivity index (χ2v) is 4.74. The molecule has 1 unspecified atom stereocenters. The first-order valence-corrected chi connectivity index (χ1v) is 5.32. The van der Waals surface area contributed by atoms with Gasteiger partial charge in [-0.3, -0.25) is 0 Å². The molecule has 1 saturated carbocycles. The molecule has 0 heterocycles. The summed E-state index contributed by atoms with van der Waals surface area (Å²) in [5, 5.41) is 0.498. The monoisotopic (exact) mass is 228 g/mol. The lowest BCUT2D eigenvalue weighted by atomic mass is 9.97. The van der Waals surface area contributed by atoms with E-state index in [2.05, 4.69) is 0 Å². The molecule has 2 rings (SSSR count). The van der Waals surface area contributed by atoms with E-state index in [1.807, 2.05) is 0 Å². The van der Waals surface area contributed by atoms with Crippen molar-refractivity contribution in [3.8, 4) is 0 Å². The Morgan fingerprint density at radius 1 is 1.47 bits per heavy atom. The van der Waals surface area contributed by atoms with Gasteiger partial charge in [0.1, 0.15) is 5.82 Å². The molecule has 82 valence electrons. The Labute approximate surface area is 93.4 Å². The Bertz CT molecular complexity index is 402. The summed E-state index contributed by atoms with van der Waals surface area (Å²) in [6, 6.07) is 2.62. The lowest BCUT2D eigenvalue weighted by Crippen LogP contribution is -2.36. The van der Waals surface area contributed by atoms with Gasteiger partial charge in [-0.25, -0.2) is 4.39 Å². The third kappa shape index (κ3) is 1.87. The van der Waals surface area contributed by atoms with E-state index in [0.29, 0.717) is 16.1 Å². The Kier molecular flexibility index (Phi) is 2.49. The van der Waals surface area contributed by atoms with E-state index in [0.717, 1.165) is 12.8 Å². The molecule has 4 N–H and O–H groups in total. The van der Waals surface area contributed by atoms with E-state index < -0.39 is 0 Å². The fraction of sp³-hybridized carbons (Fsp3) is 0.455. The fourth-order valence-corrected chi connectivity index (χ4v) is 2.00. The van der Waals surface area contributed by atoms with E-state index in [4.69, 9.17) is 23.1 Å². The average Bonchev–Trinajstić information content (AvgIpc) is 2.90. The molecule has 0 aromatic heterocycles. The maximum atomic E-state index is 13.4.